The molecular formula is C19H18N4O2S. The lowest BCUT2D eigenvalue weighted by Crippen LogP contribution is -2.26. The summed E-state index contributed by atoms with van der Waals surface area (Å²) in [5.41, 5.74) is 3.96. The second-order valence-electron chi connectivity index (χ2n) is 5.52. The summed E-state index contributed by atoms with van der Waals surface area (Å²) in [5.74, 6) is -0.0946. The molecule has 0 unspecified atom stereocenters. The number of pyridine rings is 1. The Labute approximate surface area is 155 Å². The summed E-state index contributed by atoms with van der Waals surface area (Å²) in [6.07, 6.45) is 1.29. The molecule has 0 saturated heterocycles. The molecule has 0 fully saturated rings. The topological polar surface area (TPSA) is 78.7 Å². The molecule has 132 valence electrons. The average molecular weight is 366 g/mol. The van der Waals surface area contributed by atoms with Gasteiger partial charge in [-0.2, -0.15) is 5.10 Å². The van der Waals surface area contributed by atoms with Gasteiger partial charge in [-0.1, -0.05) is 30.3 Å². The number of nitrogens with zero attached hydrogens (tertiary/aromatic N) is 2. The molecular weight excluding hydrogens is 348 g/mol. The van der Waals surface area contributed by atoms with E-state index in [-0.39, 0.29) is 22.0 Å². The lowest BCUT2D eigenvalue weighted by atomic mass is 10.1. The van der Waals surface area contributed by atoms with Crippen LogP contribution in [-0.4, -0.2) is 21.0 Å². The van der Waals surface area contributed by atoms with Crippen LogP contribution in [0.5, 0.6) is 5.75 Å². The third-order valence-electron chi connectivity index (χ3n) is 3.89. The van der Waals surface area contributed by atoms with E-state index in [4.69, 9.17) is 12.2 Å². The minimum atomic E-state index is -0.309. The summed E-state index contributed by atoms with van der Waals surface area (Å²) >= 11 is 5.16. The number of nitrogens with one attached hydrogen (secondary N) is 2. The predicted molar refractivity (Wildman–Crippen MR) is 109 cm³/mol. The van der Waals surface area contributed by atoms with E-state index in [9.17, 15) is 9.90 Å². The highest BCUT2D eigenvalue weighted by molar-refractivity contribution is 7.80. The zero-order valence-corrected chi connectivity index (χ0v) is 15.0. The summed E-state index contributed by atoms with van der Waals surface area (Å²) in [6, 6.07) is 16.6. The van der Waals surface area contributed by atoms with Crippen molar-refractivity contribution >= 4 is 40.1 Å². The van der Waals surface area contributed by atoms with Crippen molar-refractivity contribution in [3.63, 3.8) is 0 Å². The maximum Gasteiger partial charge on any atom is 0.263 e. The number of aromatic hydroxyl groups is 1. The van der Waals surface area contributed by atoms with Gasteiger partial charge < -0.3 is 15.0 Å². The van der Waals surface area contributed by atoms with E-state index in [0.717, 1.165) is 5.69 Å². The quantitative estimate of drug-likeness (QED) is 0.376. The zero-order chi connectivity index (χ0) is 18.5. The lowest BCUT2D eigenvalue weighted by molar-refractivity contribution is 0.478. The average Bonchev–Trinajstić information content (AvgIpc) is 2.66. The normalized spacial score (nSPS) is 11.0. The molecule has 1 heterocycles. The van der Waals surface area contributed by atoms with Crippen LogP contribution in [-0.2, 0) is 6.54 Å². The summed E-state index contributed by atoms with van der Waals surface area (Å²) in [5, 5.41) is 18.3. The lowest BCUT2D eigenvalue weighted by Gasteiger charge is -2.11. The van der Waals surface area contributed by atoms with E-state index < -0.39 is 0 Å². The third-order valence-corrected chi connectivity index (χ3v) is 4.08. The number of rotatable bonds is 4. The Kier molecular flexibility index (Phi) is 5.28. The number of hydrazone groups is 1. The molecule has 0 saturated carbocycles. The van der Waals surface area contributed by atoms with Crippen LogP contribution in [0.3, 0.4) is 0 Å². The first-order valence-corrected chi connectivity index (χ1v) is 8.52. The molecule has 3 N–H and O–H groups in total. The molecule has 3 rings (SSSR count). The summed E-state index contributed by atoms with van der Waals surface area (Å²) in [7, 11) is 0. The molecule has 3 aromatic rings. The Morgan fingerprint density at radius 3 is 2.62 bits per heavy atom. The number of thiocarbonyl (C=S) groups is 1. The van der Waals surface area contributed by atoms with E-state index in [0.29, 0.717) is 17.4 Å². The first-order valence-electron chi connectivity index (χ1n) is 8.11. The number of anilines is 1. The van der Waals surface area contributed by atoms with Gasteiger partial charge >= 0.3 is 0 Å². The van der Waals surface area contributed by atoms with Crippen molar-refractivity contribution in [1.82, 2.24) is 9.99 Å². The molecule has 0 amide bonds. The Morgan fingerprint density at radius 1 is 1.19 bits per heavy atom. The minimum absolute atomic E-state index is 0.0946. The van der Waals surface area contributed by atoms with Crippen LogP contribution in [0.25, 0.3) is 10.9 Å². The van der Waals surface area contributed by atoms with Crippen LogP contribution in [0.4, 0.5) is 5.69 Å². The second-order valence-corrected chi connectivity index (χ2v) is 5.93. The Bertz CT molecular complexity index is 1030. The number of hydrogen-bond acceptors (Lipinski definition) is 4. The van der Waals surface area contributed by atoms with Gasteiger partial charge in [-0.25, -0.2) is 0 Å². The second kappa shape index (κ2) is 7.79. The van der Waals surface area contributed by atoms with E-state index in [2.05, 4.69) is 15.8 Å². The van der Waals surface area contributed by atoms with E-state index >= 15 is 0 Å². The highest BCUT2D eigenvalue weighted by atomic mass is 32.1. The summed E-state index contributed by atoms with van der Waals surface area (Å²) in [6.45, 7) is 2.37. The van der Waals surface area contributed by atoms with Gasteiger partial charge in [0, 0.05) is 17.6 Å². The molecule has 6 nitrogen and oxygen atoms in total. The molecule has 0 bridgehead atoms. The van der Waals surface area contributed by atoms with Gasteiger partial charge in [0.05, 0.1) is 11.7 Å². The highest BCUT2D eigenvalue weighted by Gasteiger charge is 2.13. The fourth-order valence-corrected chi connectivity index (χ4v) is 2.85. The first kappa shape index (κ1) is 17.6. The van der Waals surface area contributed by atoms with E-state index in [1.165, 1.54) is 6.21 Å². The Morgan fingerprint density at radius 2 is 1.88 bits per heavy atom. The van der Waals surface area contributed by atoms with Gasteiger partial charge in [-0.15, -0.1) is 0 Å². The molecule has 0 aliphatic heterocycles. The predicted octanol–water partition coefficient (Wildman–Crippen LogP) is 3.05. The minimum Gasteiger partial charge on any atom is -0.506 e. The van der Waals surface area contributed by atoms with Gasteiger partial charge in [0.15, 0.2) is 5.11 Å². The number of benzene rings is 2. The maximum absolute atomic E-state index is 12.6. The van der Waals surface area contributed by atoms with Crippen LogP contribution in [0.15, 0.2) is 64.5 Å². The van der Waals surface area contributed by atoms with Crippen molar-refractivity contribution in [2.45, 2.75) is 13.5 Å². The van der Waals surface area contributed by atoms with Crippen LogP contribution < -0.4 is 16.3 Å². The number of para-hydroxylation sites is 2. The monoisotopic (exact) mass is 366 g/mol. The van der Waals surface area contributed by atoms with Crippen LogP contribution in [0, 0.1) is 0 Å². The van der Waals surface area contributed by atoms with Gasteiger partial charge in [0.25, 0.3) is 5.56 Å². The van der Waals surface area contributed by atoms with Crippen molar-refractivity contribution in [2.75, 3.05) is 5.32 Å². The van der Waals surface area contributed by atoms with E-state index in [1.54, 1.807) is 16.7 Å². The smallest absolute Gasteiger partial charge is 0.263 e. The number of fused-ring (bicyclic) bond motifs is 1. The fourth-order valence-electron chi connectivity index (χ4n) is 2.68. The molecule has 0 aliphatic carbocycles. The maximum atomic E-state index is 12.6. The van der Waals surface area contributed by atoms with Gasteiger partial charge in [-0.3, -0.25) is 10.2 Å². The largest absolute Gasteiger partial charge is 0.506 e. The zero-order valence-electron chi connectivity index (χ0n) is 14.1. The Balaban J connectivity index is 1.85. The van der Waals surface area contributed by atoms with Crippen molar-refractivity contribution in [1.29, 1.82) is 0 Å². The van der Waals surface area contributed by atoms with Crippen molar-refractivity contribution < 1.29 is 5.11 Å². The molecule has 0 spiro atoms. The Hall–Kier alpha value is -3.19. The van der Waals surface area contributed by atoms with Crippen LogP contribution in [0.1, 0.15) is 12.5 Å². The van der Waals surface area contributed by atoms with Gasteiger partial charge in [-0.05, 0) is 43.4 Å². The molecule has 0 atom stereocenters. The van der Waals surface area contributed by atoms with Crippen molar-refractivity contribution in [2.24, 2.45) is 5.10 Å². The third kappa shape index (κ3) is 3.57. The molecule has 2 aromatic carbocycles. The molecule has 0 aliphatic rings. The van der Waals surface area contributed by atoms with Gasteiger partial charge in [0.2, 0.25) is 0 Å². The summed E-state index contributed by atoms with van der Waals surface area (Å²) < 4.78 is 1.59. The van der Waals surface area contributed by atoms with Crippen molar-refractivity contribution in [3.8, 4) is 5.75 Å². The molecule has 7 heteroatoms. The SMILES string of the molecule is CCn1c(=O)c(C=NNC(=S)Nc2ccccc2)c(O)c2ccccc21. The molecule has 1 aromatic heterocycles. The number of aromatic nitrogens is 1. The number of aryl methyl sites for hydroxylation is 1. The van der Waals surface area contributed by atoms with Crippen LogP contribution in [0.2, 0.25) is 0 Å². The first-order chi connectivity index (χ1) is 12.6. The van der Waals surface area contributed by atoms with Gasteiger partial charge in [0.1, 0.15) is 11.3 Å². The molecule has 26 heavy (non-hydrogen) atoms. The number of hydrogen-bond donors (Lipinski definition) is 3. The fraction of sp³-hybridized carbons (Fsp3) is 0.105. The standard InChI is InChI=1S/C19H18N4O2S/c1-2-23-16-11-7-6-10-14(16)17(24)15(18(23)25)12-20-22-19(26)21-13-8-4-3-5-9-13/h3-12,24H,2H2,1H3,(H2,21,22,26). The molecule has 0 radical (unpaired) electrons. The van der Waals surface area contributed by atoms with Crippen molar-refractivity contribution in [3.05, 3.63) is 70.5 Å². The summed E-state index contributed by atoms with van der Waals surface area (Å²) in [4.78, 5) is 12.6. The highest BCUT2D eigenvalue weighted by Crippen LogP contribution is 2.25. The van der Waals surface area contributed by atoms with E-state index in [1.807, 2.05) is 49.4 Å². The van der Waals surface area contributed by atoms with Crippen LogP contribution >= 0.6 is 12.2 Å².